The molecule has 2 aromatic rings. The molecule has 0 unspecified atom stereocenters. The lowest BCUT2D eigenvalue weighted by Gasteiger charge is -2.47. The highest BCUT2D eigenvalue weighted by Crippen LogP contribution is 2.40. The Labute approximate surface area is 157 Å². The highest BCUT2D eigenvalue weighted by Gasteiger charge is 2.36. The largest absolute Gasteiger partial charge is 0.300 e. The van der Waals surface area contributed by atoms with Crippen molar-refractivity contribution in [3.63, 3.8) is 0 Å². The second kappa shape index (κ2) is 8.35. The van der Waals surface area contributed by atoms with Gasteiger partial charge in [-0.15, -0.1) is 24.8 Å². The fourth-order valence-corrected chi connectivity index (χ4v) is 4.11. The van der Waals surface area contributed by atoms with Crippen LogP contribution in [0.25, 0.3) is 0 Å². The van der Waals surface area contributed by atoms with Gasteiger partial charge in [0.25, 0.3) is 0 Å². The third kappa shape index (κ3) is 3.48. The van der Waals surface area contributed by atoms with E-state index in [2.05, 4.69) is 71.3 Å². The minimum absolute atomic E-state index is 0. The molecule has 0 bridgehead atoms. The van der Waals surface area contributed by atoms with Crippen LogP contribution in [0.1, 0.15) is 35.6 Å². The van der Waals surface area contributed by atoms with Crippen molar-refractivity contribution in [3.8, 4) is 0 Å². The third-order valence-corrected chi connectivity index (χ3v) is 5.37. The summed E-state index contributed by atoms with van der Waals surface area (Å²) in [6.07, 6.45) is 0. The maximum absolute atomic E-state index is 2.70. The molecule has 2 aliphatic heterocycles. The molecular weight excluding hydrogens is 339 g/mol. The average Bonchev–Trinajstić information content (AvgIpc) is 2.61. The summed E-state index contributed by atoms with van der Waals surface area (Å²) in [5.74, 6) is 0.516. The van der Waals surface area contributed by atoms with Gasteiger partial charge in [0.2, 0.25) is 0 Å². The number of rotatable bonds is 2. The molecule has 130 valence electrons. The van der Waals surface area contributed by atoms with Gasteiger partial charge in [-0.1, -0.05) is 61.5 Å². The molecule has 0 radical (unpaired) electrons. The average molecular weight is 365 g/mol. The molecule has 0 saturated carbocycles. The molecule has 4 heteroatoms. The molecule has 24 heavy (non-hydrogen) atoms. The van der Waals surface area contributed by atoms with E-state index < -0.39 is 0 Å². The Kier molecular flexibility index (Phi) is 6.70. The van der Waals surface area contributed by atoms with Crippen molar-refractivity contribution in [2.45, 2.75) is 18.9 Å². The highest BCUT2D eigenvalue weighted by molar-refractivity contribution is 5.85. The first-order valence-corrected chi connectivity index (χ1v) is 8.47. The quantitative estimate of drug-likeness (QED) is 0.781. The van der Waals surface area contributed by atoms with E-state index in [9.17, 15) is 0 Å². The van der Waals surface area contributed by atoms with Gasteiger partial charge in [-0.3, -0.25) is 4.90 Å². The fourth-order valence-electron chi connectivity index (χ4n) is 4.11. The summed E-state index contributed by atoms with van der Waals surface area (Å²) >= 11 is 0. The first kappa shape index (κ1) is 19.3. The Balaban J connectivity index is 0.00000104. The van der Waals surface area contributed by atoms with E-state index in [0.717, 1.165) is 13.1 Å². The van der Waals surface area contributed by atoms with Crippen LogP contribution in [-0.2, 0) is 0 Å². The van der Waals surface area contributed by atoms with E-state index in [4.69, 9.17) is 0 Å². The van der Waals surface area contributed by atoms with Gasteiger partial charge in [0, 0.05) is 38.1 Å². The van der Waals surface area contributed by atoms with Crippen LogP contribution >= 0.6 is 24.8 Å². The van der Waals surface area contributed by atoms with Crippen molar-refractivity contribution in [2.24, 2.45) is 0 Å². The topological polar surface area (TPSA) is 6.48 Å². The van der Waals surface area contributed by atoms with E-state index in [1.54, 1.807) is 5.56 Å². The maximum atomic E-state index is 2.70. The van der Waals surface area contributed by atoms with Gasteiger partial charge >= 0.3 is 0 Å². The molecule has 2 atom stereocenters. The van der Waals surface area contributed by atoms with Crippen LogP contribution in [0, 0.1) is 0 Å². The van der Waals surface area contributed by atoms with Gasteiger partial charge in [-0.2, -0.15) is 0 Å². The Morgan fingerprint density at radius 1 is 0.833 bits per heavy atom. The van der Waals surface area contributed by atoms with Gasteiger partial charge in [0.1, 0.15) is 0 Å². The van der Waals surface area contributed by atoms with Crippen LogP contribution in [0.3, 0.4) is 0 Å². The molecule has 0 N–H and O–H groups in total. The number of hydrogen-bond donors (Lipinski definition) is 0. The van der Waals surface area contributed by atoms with Crippen molar-refractivity contribution in [2.75, 3.05) is 32.7 Å². The number of halogens is 2. The van der Waals surface area contributed by atoms with E-state index in [1.807, 2.05) is 0 Å². The standard InChI is InChI=1S/C20H24N2.2ClH/c1-2-21-12-13-22-14-19(16-8-4-3-5-9-16)17-10-6-7-11-18(17)20(22)15-21;;/h3-11,19-20H,2,12-15H2,1H3;2*1H/t19-,20-;;/m0../s1. The van der Waals surface area contributed by atoms with Gasteiger partial charge in [0.05, 0.1) is 0 Å². The molecule has 1 fully saturated rings. The smallest absolute Gasteiger partial charge is 0.0479 e. The first-order chi connectivity index (χ1) is 10.9. The fraction of sp³-hybridized carbons (Fsp3) is 0.400. The molecule has 2 aliphatic rings. The van der Waals surface area contributed by atoms with Gasteiger partial charge in [-0.05, 0) is 23.2 Å². The summed E-state index contributed by atoms with van der Waals surface area (Å²) in [5.41, 5.74) is 4.53. The molecule has 2 nitrogen and oxygen atoms in total. The molecule has 2 heterocycles. The van der Waals surface area contributed by atoms with Crippen molar-refractivity contribution >= 4 is 24.8 Å². The number of hydrogen-bond acceptors (Lipinski definition) is 2. The third-order valence-electron chi connectivity index (χ3n) is 5.37. The second-order valence-electron chi connectivity index (χ2n) is 6.50. The van der Waals surface area contributed by atoms with Crippen LogP contribution < -0.4 is 0 Å². The van der Waals surface area contributed by atoms with Crippen molar-refractivity contribution in [1.82, 2.24) is 9.80 Å². The summed E-state index contributed by atoms with van der Waals surface area (Å²) in [5, 5.41) is 0. The number of nitrogens with zero attached hydrogens (tertiary/aromatic N) is 2. The normalized spacial score (nSPS) is 23.4. The highest BCUT2D eigenvalue weighted by atomic mass is 35.5. The van der Waals surface area contributed by atoms with E-state index in [0.29, 0.717) is 12.0 Å². The number of benzene rings is 2. The molecule has 0 amide bonds. The summed E-state index contributed by atoms with van der Waals surface area (Å²) < 4.78 is 0. The van der Waals surface area contributed by atoms with Gasteiger partial charge in [-0.25, -0.2) is 0 Å². The lowest BCUT2D eigenvalue weighted by atomic mass is 9.80. The molecular formula is C20H26Cl2N2. The number of piperazine rings is 1. The second-order valence-corrected chi connectivity index (χ2v) is 6.50. The molecule has 0 aliphatic carbocycles. The number of fused-ring (bicyclic) bond motifs is 3. The van der Waals surface area contributed by atoms with Gasteiger partial charge < -0.3 is 4.90 Å². The van der Waals surface area contributed by atoms with Crippen LogP contribution in [0.5, 0.6) is 0 Å². The minimum atomic E-state index is 0. The van der Waals surface area contributed by atoms with Crippen LogP contribution in [0.4, 0.5) is 0 Å². The summed E-state index contributed by atoms with van der Waals surface area (Å²) in [4.78, 5) is 5.28. The zero-order chi connectivity index (χ0) is 14.9. The molecule has 0 spiro atoms. The summed E-state index contributed by atoms with van der Waals surface area (Å²) in [7, 11) is 0. The van der Waals surface area contributed by atoms with Gasteiger partial charge in [0.15, 0.2) is 0 Å². The summed E-state index contributed by atoms with van der Waals surface area (Å²) in [6, 6.07) is 20.7. The van der Waals surface area contributed by atoms with E-state index >= 15 is 0 Å². The van der Waals surface area contributed by atoms with E-state index in [1.165, 1.54) is 30.8 Å². The summed E-state index contributed by atoms with van der Waals surface area (Å²) in [6.45, 7) is 8.16. The molecule has 4 rings (SSSR count). The predicted octanol–water partition coefficient (Wildman–Crippen LogP) is 4.35. The Hall–Kier alpha value is -1.06. The van der Waals surface area contributed by atoms with Crippen molar-refractivity contribution < 1.29 is 0 Å². The lowest BCUT2D eigenvalue weighted by Crippen LogP contribution is -2.51. The minimum Gasteiger partial charge on any atom is -0.300 e. The zero-order valence-corrected chi connectivity index (χ0v) is 15.7. The number of likely N-dealkylation sites (N-methyl/N-ethyl adjacent to an activating group) is 1. The van der Waals surface area contributed by atoms with Crippen LogP contribution in [0.2, 0.25) is 0 Å². The Morgan fingerprint density at radius 2 is 1.50 bits per heavy atom. The first-order valence-electron chi connectivity index (χ1n) is 8.47. The van der Waals surface area contributed by atoms with E-state index in [-0.39, 0.29) is 24.8 Å². The molecule has 2 aromatic carbocycles. The Morgan fingerprint density at radius 3 is 2.21 bits per heavy atom. The SMILES string of the molecule is CCN1CCN2C[C@@H](c3ccccc3)c3ccccc3[C@@H]2C1.Cl.Cl. The predicted molar refractivity (Wildman–Crippen MR) is 106 cm³/mol. The Bertz CT molecular complexity index is 647. The van der Waals surface area contributed by atoms with Crippen molar-refractivity contribution in [3.05, 3.63) is 71.3 Å². The molecule has 0 aromatic heterocycles. The molecule has 1 saturated heterocycles. The monoisotopic (exact) mass is 364 g/mol. The van der Waals surface area contributed by atoms with Crippen LogP contribution in [0.15, 0.2) is 54.6 Å². The maximum Gasteiger partial charge on any atom is 0.0479 e. The lowest BCUT2D eigenvalue weighted by molar-refractivity contribution is 0.0658. The zero-order valence-electron chi connectivity index (χ0n) is 14.1. The van der Waals surface area contributed by atoms with Crippen molar-refractivity contribution in [1.29, 1.82) is 0 Å². The van der Waals surface area contributed by atoms with Crippen LogP contribution in [-0.4, -0.2) is 42.5 Å².